The fourth-order valence-electron chi connectivity index (χ4n) is 2.71. The number of amides is 3. The number of likely N-dealkylation sites (N-methyl/N-ethyl adjacent to an activating group) is 2. The van der Waals surface area contributed by atoms with Crippen LogP contribution in [0.3, 0.4) is 0 Å². The van der Waals surface area contributed by atoms with Gasteiger partial charge in [-0.1, -0.05) is 12.1 Å². The van der Waals surface area contributed by atoms with E-state index in [0.29, 0.717) is 24.5 Å². The van der Waals surface area contributed by atoms with Gasteiger partial charge in [0.2, 0.25) is 5.91 Å². The zero-order chi connectivity index (χ0) is 20.5. The van der Waals surface area contributed by atoms with Gasteiger partial charge in [-0.3, -0.25) is 19.2 Å². The number of nitrogens with zero attached hydrogens (tertiary/aromatic N) is 2. The summed E-state index contributed by atoms with van der Waals surface area (Å²) in [6.07, 6.45) is -0.0597. The molecule has 0 bridgehead atoms. The van der Waals surface area contributed by atoms with Crippen molar-refractivity contribution >= 4 is 29.4 Å². The molecule has 28 heavy (non-hydrogen) atoms. The fourth-order valence-corrected chi connectivity index (χ4v) is 2.71. The minimum absolute atomic E-state index is 0.0597. The number of rotatable bonds is 9. The molecule has 1 aromatic carbocycles. The van der Waals surface area contributed by atoms with Crippen molar-refractivity contribution in [3.8, 4) is 5.75 Å². The standard InChI is InChI=1S/C19H25N3O6/c1-3-20-16(23)11-21(4-2)17(24)12-28-19(26)9-10-22-14-7-5-6-8-15(14)27-13-18(22)25/h5-8H,3-4,9-13H2,1-2H3,(H,20,23). The third kappa shape index (κ3) is 5.70. The number of nitrogens with one attached hydrogen (secondary N) is 1. The topological polar surface area (TPSA) is 105 Å². The smallest absolute Gasteiger partial charge is 0.308 e. The van der Waals surface area contributed by atoms with Gasteiger partial charge in [0.25, 0.3) is 11.8 Å². The fraction of sp³-hybridized carbons (Fsp3) is 0.474. The van der Waals surface area contributed by atoms with Gasteiger partial charge >= 0.3 is 5.97 Å². The number of carbonyl (C=O) groups is 4. The Labute approximate surface area is 163 Å². The molecule has 0 fully saturated rings. The second-order valence-electron chi connectivity index (χ2n) is 6.07. The number of ether oxygens (including phenoxy) is 2. The van der Waals surface area contributed by atoms with Crippen molar-refractivity contribution in [1.29, 1.82) is 0 Å². The minimum Gasteiger partial charge on any atom is -0.482 e. The number of para-hydroxylation sites is 2. The normalized spacial score (nSPS) is 12.6. The molecule has 0 spiro atoms. The number of fused-ring (bicyclic) bond motifs is 1. The summed E-state index contributed by atoms with van der Waals surface area (Å²) >= 11 is 0. The molecule has 0 saturated carbocycles. The van der Waals surface area contributed by atoms with Crippen LogP contribution in [0, 0.1) is 0 Å². The summed E-state index contributed by atoms with van der Waals surface area (Å²) in [7, 11) is 0. The highest BCUT2D eigenvalue weighted by Crippen LogP contribution is 2.31. The summed E-state index contributed by atoms with van der Waals surface area (Å²) in [4.78, 5) is 50.6. The van der Waals surface area contributed by atoms with Crippen LogP contribution < -0.4 is 15.0 Å². The van der Waals surface area contributed by atoms with Crippen LogP contribution in [-0.2, 0) is 23.9 Å². The second kappa shape index (κ2) is 10.3. The van der Waals surface area contributed by atoms with Crippen molar-refractivity contribution in [3.05, 3.63) is 24.3 Å². The molecular weight excluding hydrogens is 366 g/mol. The lowest BCUT2D eigenvalue weighted by Crippen LogP contribution is -2.42. The molecule has 1 heterocycles. The quantitative estimate of drug-likeness (QED) is 0.608. The SMILES string of the molecule is CCNC(=O)CN(CC)C(=O)COC(=O)CCN1C(=O)COc2ccccc21. The van der Waals surface area contributed by atoms with Gasteiger partial charge in [-0.25, -0.2) is 0 Å². The van der Waals surface area contributed by atoms with Crippen LogP contribution in [0.25, 0.3) is 0 Å². The lowest BCUT2D eigenvalue weighted by Gasteiger charge is -2.29. The third-order valence-corrected chi connectivity index (χ3v) is 4.15. The number of anilines is 1. The van der Waals surface area contributed by atoms with E-state index in [2.05, 4.69) is 5.32 Å². The van der Waals surface area contributed by atoms with Crippen molar-refractivity contribution in [2.24, 2.45) is 0 Å². The lowest BCUT2D eigenvalue weighted by molar-refractivity contribution is -0.152. The predicted octanol–water partition coefficient (Wildman–Crippen LogP) is 0.330. The van der Waals surface area contributed by atoms with Crippen molar-refractivity contribution in [2.45, 2.75) is 20.3 Å². The Kier molecular flexibility index (Phi) is 7.79. The summed E-state index contributed by atoms with van der Waals surface area (Å²) < 4.78 is 10.4. The van der Waals surface area contributed by atoms with E-state index in [4.69, 9.17) is 9.47 Å². The maximum atomic E-state index is 12.1. The van der Waals surface area contributed by atoms with Crippen LogP contribution >= 0.6 is 0 Å². The van der Waals surface area contributed by atoms with E-state index >= 15 is 0 Å². The molecule has 3 amide bonds. The number of carbonyl (C=O) groups excluding carboxylic acids is 4. The molecule has 1 aliphatic rings. The van der Waals surface area contributed by atoms with Crippen molar-refractivity contribution in [1.82, 2.24) is 10.2 Å². The van der Waals surface area contributed by atoms with Gasteiger partial charge in [-0.2, -0.15) is 0 Å². The van der Waals surface area contributed by atoms with Crippen LogP contribution in [0.1, 0.15) is 20.3 Å². The zero-order valence-electron chi connectivity index (χ0n) is 16.1. The maximum absolute atomic E-state index is 12.1. The Morgan fingerprint density at radius 2 is 2.00 bits per heavy atom. The molecule has 152 valence electrons. The predicted molar refractivity (Wildman–Crippen MR) is 101 cm³/mol. The molecule has 9 heteroatoms. The molecule has 0 atom stereocenters. The Morgan fingerprint density at radius 3 is 2.71 bits per heavy atom. The number of hydrogen-bond donors (Lipinski definition) is 1. The summed E-state index contributed by atoms with van der Waals surface area (Å²) in [6.45, 7) is 3.84. The van der Waals surface area contributed by atoms with Gasteiger partial charge in [-0.15, -0.1) is 0 Å². The molecular formula is C19H25N3O6. The average Bonchev–Trinajstić information content (AvgIpc) is 2.69. The van der Waals surface area contributed by atoms with Crippen LogP contribution in [-0.4, -0.2) is 68.0 Å². The van der Waals surface area contributed by atoms with E-state index in [1.54, 1.807) is 38.1 Å². The monoisotopic (exact) mass is 391 g/mol. The van der Waals surface area contributed by atoms with Gasteiger partial charge in [-0.05, 0) is 26.0 Å². The van der Waals surface area contributed by atoms with Gasteiger partial charge in [0.1, 0.15) is 5.75 Å². The first kappa shape index (κ1) is 21.2. The zero-order valence-corrected chi connectivity index (χ0v) is 16.1. The second-order valence-corrected chi connectivity index (χ2v) is 6.07. The summed E-state index contributed by atoms with van der Waals surface area (Å²) in [5, 5.41) is 2.61. The maximum Gasteiger partial charge on any atom is 0.308 e. The van der Waals surface area contributed by atoms with Crippen LogP contribution in [0.4, 0.5) is 5.69 Å². The van der Waals surface area contributed by atoms with E-state index in [-0.39, 0.29) is 37.9 Å². The summed E-state index contributed by atoms with van der Waals surface area (Å²) in [5.74, 6) is -0.987. The average molecular weight is 391 g/mol. The first-order chi connectivity index (χ1) is 13.5. The van der Waals surface area contributed by atoms with E-state index in [1.807, 2.05) is 0 Å². The Bertz CT molecular complexity index is 736. The molecule has 2 rings (SSSR count). The molecule has 0 unspecified atom stereocenters. The highest BCUT2D eigenvalue weighted by atomic mass is 16.5. The van der Waals surface area contributed by atoms with Crippen molar-refractivity contribution < 1.29 is 28.7 Å². The van der Waals surface area contributed by atoms with E-state index < -0.39 is 18.5 Å². The Hall–Kier alpha value is -3.10. The van der Waals surface area contributed by atoms with Crippen LogP contribution in [0.15, 0.2) is 24.3 Å². The van der Waals surface area contributed by atoms with Crippen molar-refractivity contribution in [3.63, 3.8) is 0 Å². The van der Waals surface area contributed by atoms with E-state index in [0.717, 1.165) is 0 Å². The highest BCUT2D eigenvalue weighted by Gasteiger charge is 2.26. The number of benzene rings is 1. The van der Waals surface area contributed by atoms with Gasteiger partial charge in [0.05, 0.1) is 18.7 Å². The lowest BCUT2D eigenvalue weighted by atomic mass is 10.2. The van der Waals surface area contributed by atoms with Crippen LogP contribution in [0.5, 0.6) is 5.75 Å². The van der Waals surface area contributed by atoms with Gasteiger partial charge in [0.15, 0.2) is 13.2 Å². The van der Waals surface area contributed by atoms with Crippen LogP contribution in [0.2, 0.25) is 0 Å². The molecule has 9 nitrogen and oxygen atoms in total. The number of hydrogen-bond acceptors (Lipinski definition) is 6. The first-order valence-electron chi connectivity index (χ1n) is 9.18. The van der Waals surface area contributed by atoms with E-state index in [9.17, 15) is 19.2 Å². The van der Waals surface area contributed by atoms with E-state index in [1.165, 1.54) is 9.80 Å². The Balaban J connectivity index is 1.82. The minimum atomic E-state index is -0.598. The molecule has 1 aromatic rings. The molecule has 1 aliphatic heterocycles. The largest absolute Gasteiger partial charge is 0.482 e. The molecule has 1 N–H and O–H groups in total. The highest BCUT2D eigenvalue weighted by molar-refractivity contribution is 5.98. The molecule has 0 aliphatic carbocycles. The molecule has 0 radical (unpaired) electrons. The summed E-state index contributed by atoms with van der Waals surface area (Å²) in [5.41, 5.74) is 0.599. The third-order valence-electron chi connectivity index (χ3n) is 4.15. The number of esters is 1. The van der Waals surface area contributed by atoms with Gasteiger partial charge in [0, 0.05) is 19.6 Å². The van der Waals surface area contributed by atoms with Gasteiger partial charge < -0.3 is 24.6 Å². The Morgan fingerprint density at radius 1 is 1.25 bits per heavy atom. The molecule has 0 saturated heterocycles. The van der Waals surface area contributed by atoms with Crippen molar-refractivity contribution in [2.75, 3.05) is 44.3 Å². The molecule has 0 aromatic heterocycles. The first-order valence-corrected chi connectivity index (χ1v) is 9.18. The summed E-state index contributed by atoms with van der Waals surface area (Å²) in [6, 6.07) is 7.06.